The first-order chi connectivity index (χ1) is 6.99. The fourth-order valence-corrected chi connectivity index (χ4v) is 1.58. The van der Waals surface area contributed by atoms with E-state index in [-0.39, 0.29) is 10.9 Å². The fraction of sp³-hybridized carbons (Fsp3) is 0.400. The van der Waals surface area contributed by atoms with Gasteiger partial charge in [-0.3, -0.25) is 0 Å². The Morgan fingerprint density at radius 2 is 1.93 bits per heavy atom. The molecule has 1 aromatic rings. The maximum absolute atomic E-state index is 13.5. The molecule has 84 valence electrons. The highest BCUT2D eigenvalue weighted by atomic mass is 79.9. The first kappa shape index (κ1) is 12.5. The van der Waals surface area contributed by atoms with E-state index in [9.17, 15) is 19.0 Å². The van der Waals surface area contributed by atoms with Gasteiger partial charge in [0.2, 0.25) is 0 Å². The Kier molecular flexibility index (Phi) is 4.19. The minimum atomic E-state index is -1.55. The van der Waals surface area contributed by atoms with Crippen LogP contribution in [0.2, 0.25) is 0 Å². The first-order valence-corrected chi connectivity index (χ1v) is 5.27. The lowest BCUT2D eigenvalue weighted by molar-refractivity contribution is 0.0121. The summed E-state index contributed by atoms with van der Waals surface area (Å²) in [7, 11) is 0. The van der Waals surface area contributed by atoms with Gasteiger partial charge in [0.15, 0.2) is 0 Å². The highest BCUT2D eigenvalue weighted by Gasteiger charge is 2.25. The lowest BCUT2D eigenvalue weighted by atomic mass is 10.0. The fourth-order valence-electron chi connectivity index (χ4n) is 1.23. The molecule has 2 atom stereocenters. The van der Waals surface area contributed by atoms with Crippen molar-refractivity contribution in [2.24, 2.45) is 0 Å². The number of benzene rings is 1. The van der Waals surface area contributed by atoms with Gasteiger partial charge in [-0.15, -0.1) is 0 Å². The second-order valence-electron chi connectivity index (χ2n) is 3.18. The Morgan fingerprint density at radius 3 is 2.47 bits per heavy atom. The number of rotatable bonds is 3. The van der Waals surface area contributed by atoms with Gasteiger partial charge in [0, 0.05) is 0 Å². The molecule has 0 aromatic heterocycles. The molecule has 0 aliphatic heterocycles. The molecule has 0 saturated heterocycles. The number of aliphatic hydroxyl groups is 2. The van der Waals surface area contributed by atoms with E-state index < -0.39 is 29.4 Å². The monoisotopic (exact) mass is 280 g/mol. The third kappa shape index (κ3) is 2.53. The van der Waals surface area contributed by atoms with Gasteiger partial charge in [-0.05, 0) is 34.5 Å². The van der Waals surface area contributed by atoms with E-state index >= 15 is 0 Å². The standard InChI is InChI=1S/C10H11BrF2O2/c1-2-7(14)10(15)8-6(12)4-3-5(11)9(8)13/h3-4,7,10,14-15H,2H2,1H3. The van der Waals surface area contributed by atoms with Crippen LogP contribution in [-0.2, 0) is 0 Å². The maximum atomic E-state index is 13.5. The molecule has 0 radical (unpaired) electrons. The average molecular weight is 281 g/mol. The Balaban J connectivity index is 3.18. The highest BCUT2D eigenvalue weighted by molar-refractivity contribution is 9.10. The van der Waals surface area contributed by atoms with Crippen LogP contribution in [0.1, 0.15) is 25.0 Å². The van der Waals surface area contributed by atoms with Crippen LogP contribution in [0, 0.1) is 11.6 Å². The lowest BCUT2D eigenvalue weighted by Gasteiger charge is -2.18. The van der Waals surface area contributed by atoms with Crippen molar-refractivity contribution in [1.29, 1.82) is 0 Å². The van der Waals surface area contributed by atoms with Gasteiger partial charge in [-0.1, -0.05) is 6.92 Å². The normalized spacial score (nSPS) is 15.1. The summed E-state index contributed by atoms with van der Waals surface area (Å²) in [5.74, 6) is -1.74. The molecule has 0 fully saturated rings. The van der Waals surface area contributed by atoms with Crippen LogP contribution in [0.4, 0.5) is 8.78 Å². The van der Waals surface area contributed by atoms with Gasteiger partial charge >= 0.3 is 0 Å². The number of hydrogen-bond donors (Lipinski definition) is 2. The average Bonchev–Trinajstić information content (AvgIpc) is 2.22. The zero-order valence-electron chi connectivity index (χ0n) is 8.04. The van der Waals surface area contributed by atoms with E-state index in [1.807, 2.05) is 0 Å². The van der Waals surface area contributed by atoms with Crippen LogP contribution in [0.3, 0.4) is 0 Å². The van der Waals surface area contributed by atoms with Gasteiger partial charge < -0.3 is 10.2 Å². The van der Waals surface area contributed by atoms with Crippen molar-refractivity contribution in [2.75, 3.05) is 0 Å². The third-order valence-corrected chi connectivity index (χ3v) is 2.77. The predicted octanol–water partition coefficient (Wildman–Crippen LogP) is 2.53. The highest BCUT2D eigenvalue weighted by Crippen LogP contribution is 2.29. The summed E-state index contributed by atoms with van der Waals surface area (Å²) in [4.78, 5) is 0. The van der Waals surface area contributed by atoms with Gasteiger partial charge in [0.1, 0.15) is 17.7 Å². The van der Waals surface area contributed by atoms with E-state index in [2.05, 4.69) is 15.9 Å². The molecule has 0 bridgehead atoms. The van der Waals surface area contributed by atoms with Crippen molar-refractivity contribution in [3.63, 3.8) is 0 Å². The summed E-state index contributed by atoms with van der Waals surface area (Å²) in [6, 6.07) is 2.24. The summed E-state index contributed by atoms with van der Waals surface area (Å²) >= 11 is 2.89. The SMILES string of the molecule is CCC(O)C(O)c1c(F)ccc(Br)c1F. The van der Waals surface area contributed by atoms with Crippen molar-refractivity contribution in [1.82, 2.24) is 0 Å². The molecule has 5 heteroatoms. The smallest absolute Gasteiger partial charge is 0.146 e. The van der Waals surface area contributed by atoms with Gasteiger partial charge in [-0.25, -0.2) is 8.78 Å². The summed E-state index contributed by atoms with van der Waals surface area (Å²) in [6.45, 7) is 1.61. The van der Waals surface area contributed by atoms with E-state index in [1.54, 1.807) is 6.92 Å². The number of halogens is 3. The predicted molar refractivity (Wildman–Crippen MR) is 55.3 cm³/mol. The largest absolute Gasteiger partial charge is 0.390 e. The summed E-state index contributed by atoms with van der Waals surface area (Å²) in [5, 5.41) is 18.8. The van der Waals surface area contributed by atoms with Gasteiger partial charge in [0.25, 0.3) is 0 Å². The Hall–Kier alpha value is -0.520. The zero-order valence-corrected chi connectivity index (χ0v) is 9.63. The van der Waals surface area contributed by atoms with E-state index in [0.29, 0.717) is 0 Å². The van der Waals surface area contributed by atoms with E-state index in [1.165, 1.54) is 6.07 Å². The topological polar surface area (TPSA) is 40.5 Å². The molecule has 2 nitrogen and oxygen atoms in total. The minimum absolute atomic E-state index is 0.0567. The van der Waals surface area contributed by atoms with Gasteiger partial charge in [-0.2, -0.15) is 0 Å². The summed E-state index contributed by atoms with van der Waals surface area (Å²) < 4.78 is 26.8. The molecule has 0 aliphatic rings. The van der Waals surface area contributed by atoms with Crippen LogP contribution in [0.25, 0.3) is 0 Å². The molecule has 2 N–H and O–H groups in total. The van der Waals surface area contributed by atoms with Crippen LogP contribution in [-0.4, -0.2) is 16.3 Å². The van der Waals surface area contributed by atoms with E-state index in [0.717, 1.165) is 6.07 Å². The molecule has 2 unspecified atom stereocenters. The van der Waals surface area contributed by atoms with E-state index in [4.69, 9.17) is 0 Å². The first-order valence-electron chi connectivity index (χ1n) is 4.48. The summed E-state index contributed by atoms with van der Waals surface area (Å²) in [6.07, 6.45) is -2.51. The third-order valence-electron chi connectivity index (χ3n) is 2.16. The minimum Gasteiger partial charge on any atom is -0.390 e. The molecular weight excluding hydrogens is 270 g/mol. The molecule has 1 rings (SSSR count). The molecule has 0 heterocycles. The molecule has 0 aliphatic carbocycles. The lowest BCUT2D eigenvalue weighted by Crippen LogP contribution is -2.19. The molecule has 0 spiro atoms. The maximum Gasteiger partial charge on any atom is 0.146 e. The number of hydrogen-bond acceptors (Lipinski definition) is 2. The Morgan fingerprint density at radius 1 is 1.33 bits per heavy atom. The number of aliphatic hydroxyl groups excluding tert-OH is 2. The molecular formula is C10H11BrF2O2. The van der Waals surface area contributed by atoms with Crippen molar-refractivity contribution in [3.8, 4) is 0 Å². The van der Waals surface area contributed by atoms with Crippen molar-refractivity contribution in [3.05, 3.63) is 33.8 Å². The zero-order chi connectivity index (χ0) is 11.6. The van der Waals surface area contributed by atoms with Crippen LogP contribution in [0.5, 0.6) is 0 Å². The van der Waals surface area contributed by atoms with Gasteiger partial charge in [0.05, 0.1) is 16.1 Å². The summed E-state index contributed by atoms with van der Waals surface area (Å²) in [5.41, 5.74) is -0.501. The second-order valence-corrected chi connectivity index (χ2v) is 4.03. The molecule has 0 saturated carbocycles. The molecule has 1 aromatic carbocycles. The van der Waals surface area contributed by atoms with Crippen molar-refractivity contribution < 1.29 is 19.0 Å². The van der Waals surface area contributed by atoms with Crippen LogP contribution < -0.4 is 0 Å². The Labute approximate surface area is 94.7 Å². The van der Waals surface area contributed by atoms with Crippen molar-refractivity contribution >= 4 is 15.9 Å². The quantitative estimate of drug-likeness (QED) is 0.836. The molecule has 15 heavy (non-hydrogen) atoms. The Bertz CT molecular complexity index is 358. The molecule has 0 amide bonds. The van der Waals surface area contributed by atoms with Crippen molar-refractivity contribution in [2.45, 2.75) is 25.6 Å². The second kappa shape index (κ2) is 5.01. The van der Waals surface area contributed by atoms with Crippen LogP contribution >= 0.6 is 15.9 Å². The van der Waals surface area contributed by atoms with Crippen LogP contribution in [0.15, 0.2) is 16.6 Å².